The summed E-state index contributed by atoms with van der Waals surface area (Å²) in [5.41, 5.74) is 1.35. The molecule has 0 saturated carbocycles. The van der Waals surface area contributed by atoms with Gasteiger partial charge in [0, 0.05) is 0 Å². The van der Waals surface area contributed by atoms with Crippen molar-refractivity contribution in [3.63, 3.8) is 0 Å². The van der Waals surface area contributed by atoms with E-state index < -0.39 is 0 Å². The number of rotatable bonds is 4. The zero-order chi connectivity index (χ0) is 14.0. The zero-order valence-corrected chi connectivity index (χ0v) is 12.4. The normalized spacial score (nSPS) is 10.3. The molecule has 0 amide bonds. The third kappa shape index (κ3) is 2.60. The van der Waals surface area contributed by atoms with Crippen LogP contribution >= 0.6 is 22.9 Å². The summed E-state index contributed by atoms with van der Waals surface area (Å²) in [6.07, 6.45) is 0. The smallest absolute Gasteiger partial charge is 0.208 e. The molecule has 0 aliphatic rings. The quantitative estimate of drug-likeness (QED) is 0.801. The van der Waals surface area contributed by atoms with Gasteiger partial charge in [-0.15, -0.1) is 11.3 Å². The molecule has 0 radical (unpaired) electrons. The molecule has 0 bridgehead atoms. The van der Waals surface area contributed by atoms with E-state index in [1.165, 1.54) is 18.4 Å². The van der Waals surface area contributed by atoms with Crippen molar-refractivity contribution in [2.45, 2.75) is 6.92 Å². The number of ketones is 1. The number of halogens is 1. The summed E-state index contributed by atoms with van der Waals surface area (Å²) in [4.78, 5) is 13.0. The standard InChI is InChI=1S/C14H13ClO3S/c1-8-7-19-14(12(8)15)13(16)10-6-9(17-2)4-5-11(10)18-3/h4-7H,1-3H3. The third-order valence-electron chi connectivity index (χ3n) is 2.76. The van der Waals surface area contributed by atoms with E-state index in [2.05, 4.69) is 0 Å². The molecule has 1 aromatic heterocycles. The van der Waals surface area contributed by atoms with Crippen molar-refractivity contribution < 1.29 is 14.3 Å². The van der Waals surface area contributed by atoms with Gasteiger partial charge >= 0.3 is 0 Å². The molecule has 3 nitrogen and oxygen atoms in total. The first-order valence-corrected chi connectivity index (χ1v) is 6.84. The van der Waals surface area contributed by atoms with E-state index in [0.29, 0.717) is 27.0 Å². The second kappa shape index (κ2) is 5.63. The summed E-state index contributed by atoms with van der Waals surface area (Å²) in [6.45, 7) is 1.87. The van der Waals surface area contributed by atoms with Gasteiger partial charge in [-0.05, 0) is 36.1 Å². The van der Waals surface area contributed by atoms with Gasteiger partial charge in [-0.2, -0.15) is 0 Å². The van der Waals surface area contributed by atoms with E-state index in [-0.39, 0.29) is 5.78 Å². The third-order valence-corrected chi connectivity index (χ3v) is 4.45. The second-order valence-electron chi connectivity index (χ2n) is 3.96. The number of carbonyl (C=O) groups is 1. The number of benzene rings is 1. The first-order chi connectivity index (χ1) is 9.08. The number of ether oxygens (including phenoxy) is 2. The maximum absolute atomic E-state index is 12.5. The van der Waals surface area contributed by atoms with Gasteiger partial charge in [0.2, 0.25) is 5.78 Å². The van der Waals surface area contributed by atoms with E-state index in [4.69, 9.17) is 21.1 Å². The van der Waals surface area contributed by atoms with Crippen LogP contribution in [0.2, 0.25) is 5.02 Å². The lowest BCUT2D eigenvalue weighted by Crippen LogP contribution is -2.03. The van der Waals surface area contributed by atoms with Crippen LogP contribution in [-0.4, -0.2) is 20.0 Å². The van der Waals surface area contributed by atoms with Crippen LogP contribution in [0.4, 0.5) is 0 Å². The fourth-order valence-corrected chi connectivity index (χ4v) is 2.93. The number of carbonyl (C=O) groups excluding carboxylic acids is 1. The van der Waals surface area contributed by atoms with Crippen LogP contribution in [0.3, 0.4) is 0 Å². The van der Waals surface area contributed by atoms with Crippen LogP contribution in [0.15, 0.2) is 23.6 Å². The SMILES string of the molecule is COc1ccc(OC)c(C(=O)c2scc(C)c2Cl)c1. The minimum Gasteiger partial charge on any atom is -0.497 e. The fraction of sp³-hybridized carbons (Fsp3) is 0.214. The lowest BCUT2D eigenvalue weighted by Gasteiger charge is -2.09. The zero-order valence-electron chi connectivity index (χ0n) is 10.8. The van der Waals surface area contributed by atoms with E-state index >= 15 is 0 Å². The molecule has 2 aromatic rings. The predicted octanol–water partition coefficient (Wildman–Crippen LogP) is 3.96. The predicted molar refractivity (Wildman–Crippen MR) is 77.0 cm³/mol. The highest BCUT2D eigenvalue weighted by Gasteiger charge is 2.20. The molecule has 0 fully saturated rings. The van der Waals surface area contributed by atoms with Crippen molar-refractivity contribution in [3.8, 4) is 11.5 Å². The molecule has 1 aromatic carbocycles. The molecular weight excluding hydrogens is 284 g/mol. The van der Waals surface area contributed by atoms with Gasteiger partial charge in [-0.3, -0.25) is 4.79 Å². The average molecular weight is 297 g/mol. The Bertz CT molecular complexity index is 619. The van der Waals surface area contributed by atoms with Crippen molar-refractivity contribution in [1.29, 1.82) is 0 Å². The van der Waals surface area contributed by atoms with Crippen molar-refractivity contribution in [2.24, 2.45) is 0 Å². The minimum absolute atomic E-state index is 0.154. The highest BCUT2D eigenvalue weighted by atomic mass is 35.5. The van der Waals surface area contributed by atoms with Gasteiger partial charge in [0.1, 0.15) is 11.5 Å². The molecule has 1 heterocycles. The number of hydrogen-bond donors (Lipinski definition) is 0. The summed E-state index contributed by atoms with van der Waals surface area (Å²) in [6, 6.07) is 5.11. The second-order valence-corrected chi connectivity index (χ2v) is 5.21. The van der Waals surface area contributed by atoms with Crippen molar-refractivity contribution in [1.82, 2.24) is 0 Å². The molecule has 5 heteroatoms. The Morgan fingerprint density at radius 2 is 2.00 bits per heavy atom. The molecular formula is C14H13ClO3S. The molecule has 0 N–H and O–H groups in total. The lowest BCUT2D eigenvalue weighted by molar-refractivity contribution is 0.103. The lowest BCUT2D eigenvalue weighted by atomic mass is 10.1. The minimum atomic E-state index is -0.154. The Morgan fingerprint density at radius 3 is 2.53 bits per heavy atom. The van der Waals surface area contributed by atoms with Gasteiger partial charge < -0.3 is 9.47 Å². The van der Waals surface area contributed by atoms with E-state index in [9.17, 15) is 4.79 Å². The summed E-state index contributed by atoms with van der Waals surface area (Å²) >= 11 is 7.47. The largest absolute Gasteiger partial charge is 0.497 e. The fourth-order valence-electron chi connectivity index (χ4n) is 1.70. The Balaban J connectivity index is 2.51. The van der Waals surface area contributed by atoms with E-state index in [1.54, 1.807) is 25.3 Å². The van der Waals surface area contributed by atoms with Crippen molar-refractivity contribution in [3.05, 3.63) is 44.6 Å². The van der Waals surface area contributed by atoms with Crippen LogP contribution in [0.25, 0.3) is 0 Å². The van der Waals surface area contributed by atoms with Crippen LogP contribution in [0.5, 0.6) is 11.5 Å². The molecule has 0 aliphatic heterocycles. The first-order valence-electron chi connectivity index (χ1n) is 5.58. The highest BCUT2D eigenvalue weighted by Crippen LogP contribution is 2.33. The number of hydrogen-bond acceptors (Lipinski definition) is 4. The van der Waals surface area contributed by atoms with Gasteiger partial charge in [-0.25, -0.2) is 0 Å². The molecule has 0 unspecified atom stereocenters. The maximum atomic E-state index is 12.5. The van der Waals surface area contributed by atoms with Crippen LogP contribution in [0.1, 0.15) is 20.8 Å². The first kappa shape index (κ1) is 13.9. The Labute approximate surface area is 120 Å². The topological polar surface area (TPSA) is 35.5 Å². The number of thiophene rings is 1. The van der Waals surface area contributed by atoms with Gasteiger partial charge in [0.15, 0.2) is 0 Å². The summed E-state index contributed by atoms with van der Waals surface area (Å²) in [5, 5.41) is 2.36. The highest BCUT2D eigenvalue weighted by molar-refractivity contribution is 7.13. The van der Waals surface area contributed by atoms with Crippen molar-refractivity contribution in [2.75, 3.05) is 14.2 Å². The van der Waals surface area contributed by atoms with E-state index in [1.807, 2.05) is 12.3 Å². The molecule has 0 atom stereocenters. The summed E-state index contributed by atoms with van der Waals surface area (Å²) in [7, 11) is 3.08. The Kier molecular flexibility index (Phi) is 4.12. The molecule has 100 valence electrons. The molecule has 19 heavy (non-hydrogen) atoms. The number of methoxy groups -OCH3 is 2. The van der Waals surface area contributed by atoms with Gasteiger partial charge in [-0.1, -0.05) is 11.6 Å². The Hall–Kier alpha value is -1.52. The Morgan fingerprint density at radius 1 is 1.26 bits per heavy atom. The van der Waals surface area contributed by atoms with Crippen molar-refractivity contribution >= 4 is 28.7 Å². The maximum Gasteiger partial charge on any atom is 0.208 e. The molecule has 0 saturated heterocycles. The summed E-state index contributed by atoms with van der Waals surface area (Å²) < 4.78 is 10.4. The van der Waals surface area contributed by atoms with E-state index in [0.717, 1.165) is 5.56 Å². The molecule has 2 rings (SSSR count). The monoisotopic (exact) mass is 296 g/mol. The molecule has 0 aliphatic carbocycles. The molecule has 0 spiro atoms. The summed E-state index contributed by atoms with van der Waals surface area (Å²) in [5.74, 6) is 0.959. The van der Waals surface area contributed by atoms with Gasteiger partial charge in [0.25, 0.3) is 0 Å². The van der Waals surface area contributed by atoms with Gasteiger partial charge in [0.05, 0.1) is 29.7 Å². The number of aryl methyl sites for hydroxylation is 1. The van der Waals surface area contributed by atoms with Crippen LogP contribution in [0, 0.1) is 6.92 Å². The average Bonchev–Trinajstić information content (AvgIpc) is 2.77. The van der Waals surface area contributed by atoms with Crippen LogP contribution < -0.4 is 9.47 Å². The van der Waals surface area contributed by atoms with Crippen LogP contribution in [-0.2, 0) is 0 Å².